The van der Waals surface area contributed by atoms with Gasteiger partial charge in [-0.25, -0.2) is 9.97 Å². The Morgan fingerprint density at radius 1 is 0.893 bits per heavy atom. The van der Waals surface area contributed by atoms with Crippen molar-refractivity contribution in [2.24, 2.45) is 0 Å². The van der Waals surface area contributed by atoms with E-state index in [0.717, 1.165) is 22.4 Å². The van der Waals surface area contributed by atoms with Gasteiger partial charge in [0.2, 0.25) is 0 Å². The Balaban J connectivity index is 1.77. The lowest BCUT2D eigenvalue weighted by Gasteiger charge is -2.11. The van der Waals surface area contributed by atoms with Crippen LogP contribution >= 0.6 is 0 Å². The van der Waals surface area contributed by atoms with Crippen LogP contribution in [-0.2, 0) is 0 Å². The summed E-state index contributed by atoms with van der Waals surface area (Å²) in [4.78, 5) is 26.1. The van der Waals surface area contributed by atoms with E-state index in [2.05, 4.69) is 15.3 Å². The van der Waals surface area contributed by atoms with Gasteiger partial charge in [-0.1, -0.05) is 42.5 Å². The molecule has 4 aromatic rings. The molecular weight excluding hydrogens is 348 g/mol. The van der Waals surface area contributed by atoms with E-state index in [-0.39, 0.29) is 5.91 Å². The summed E-state index contributed by atoms with van der Waals surface area (Å²) in [6, 6.07) is 21.0. The van der Waals surface area contributed by atoms with Gasteiger partial charge in [0.25, 0.3) is 5.91 Å². The van der Waals surface area contributed by atoms with Gasteiger partial charge in [-0.05, 0) is 36.8 Å². The van der Waals surface area contributed by atoms with Crippen molar-refractivity contribution in [3.63, 3.8) is 0 Å². The van der Waals surface area contributed by atoms with E-state index in [0.29, 0.717) is 17.1 Å². The summed E-state index contributed by atoms with van der Waals surface area (Å²) < 4.78 is 0. The van der Waals surface area contributed by atoms with E-state index in [1.54, 1.807) is 18.6 Å². The lowest BCUT2D eigenvalue weighted by Crippen LogP contribution is -2.15. The molecule has 0 aliphatic carbocycles. The highest BCUT2D eigenvalue weighted by Gasteiger charge is 2.17. The van der Waals surface area contributed by atoms with Crippen molar-refractivity contribution >= 4 is 11.6 Å². The average molecular weight is 366 g/mol. The molecule has 4 rings (SSSR count). The van der Waals surface area contributed by atoms with Crippen LogP contribution in [0.2, 0.25) is 0 Å². The third-order valence-electron chi connectivity index (χ3n) is 4.30. The van der Waals surface area contributed by atoms with Crippen molar-refractivity contribution in [1.82, 2.24) is 15.0 Å². The van der Waals surface area contributed by atoms with Gasteiger partial charge >= 0.3 is 0 Å². The molecule has 0 unspecified atom stereocenters. The molecule has 0 aliphatic rings. The summed E-state index contributed by atoms with van der Waals surface area (Å²) in [5.41, 5.74) is 4.49. The Morgan fingerprint density at radius 3 is 2.43 bits per heavy atom. The maximum Gasteiger partial charge on any atom is 0.259 e. The normalized spacial score (nSPS) is 10.5. The summed E-state index contributed by atoms with van der Waals surface area (Å²) >= 11 is 0. The molecule has 5 nitrogen and oxygen atoms in total. The number of benzene rings is 2. The molecule has 2 aromatic heterocycles. The van der Waals surface area contributed by atoms with Gasteiger partial charge in [0.05, 0.1) is 11.3 Å². The van der Waals surface area contributed by atoms with E-state index in [1.165, 1.54) is 0 Å². The molecule has 0 atom stereocenters. The Hall–Kier alpha value is -3.86. The zero-order chi connectivity index (χ0) is 19.3. The molecule has 0 fully saturated rings. The van der Waals surface area contributed by atoms with Crippen molar-refractivity contribution in [3.8, 4) is 22.6 Å². The average Bonchev–Trinajstić information content (AvgIpc) is 2.74. The molecule has 2 aromatic carbocycles. The van der Waals surface area contributed by atoms with Gasteiger partial charge in [0, 0.05) is 35.4 Å². The van der Waals surface area contributed by atoms with Crippen LogP contribution in [0.25, 0.3) is 22.6 Å². The van der Waals surface area contributed by atoms with E-state index in [9.17, 15) is 4.79 Å². The number of aromatic nitrogens is 3. The highest BCUT2D eigenvalue weighted by Crippen LogP contribution is 2.25. The Kier molecular flexibility index (Phi) is 4.89. The smallest absolute Gasteiger partial charge is 0.259 e. The molecule has 0 spiro atoms. The van der Waals surface area contributed by atoms with E-state index in [1.807, 2.05) is 73.7 Å². The second-order valence-corrected chi connectivity index (χ2v) is 6.38. The number of aryl methyl sites for hydroxylation is 1. The largest absolute Gasteiger partial charge is 0.322 e. The highest BCUT2D eigenvalue weighted by molar-refractivity contribution is 6.08. The molecule has 1 N–H and O–H groups in total. The SMILES string of the molecule is Cc1cccc(NC(=O)c2cnc(-c3ccccc3)nc2-c2ccncc2)c1. The van der Waals surface area contributed by atoms with Gasteiger partial charge < -0.3 is 5.32 Å². The van der Waals surface area contributed by atoms with Crippen LogP contribution in [0.5, 0.6) is 0 Å². The Bertz CT molecular complexity index is 1110. The number of amides is 1. The number of hydrogen-bond donors (Lipinski definition) is 1. The summed E-state index contributed by atoms with van der Waals surface area (Å²) in [6.07, 6.45) is 4.94. The van der Waals surface area contributed by atoms with E-state index in [4.69, 9.17) is 4.98 Å². The maximum absolute atomic E-state index is 13.0. The molecule has 2 heterocycles. The number of carbonyl (C=O) groups excluding carboxylic acids is 1. The topological polar surface area (TPSA) is 67.8 Å². The van der Waals surface area contributed by atoms with Crippen LogP contribution in [0.15, 0.2) is 85.3 Å². The van der Waals surface area contributed by atoms with Gasteiger partial charge in [-0.3, -0.25) is 9.78 Å². The third-order valence-corrected chi connectivity index (χ3v) is 4.30. The van der Waals surface area contributed by atoms with Crippen LogP contribution in [-0.4, -0.2) is 20.9 Å². The van der Waals surface area contributed by atoms with Gasteiger partial charge in [0.15, 0.2) is 5.82 Å². The number of nitrogens with zero attached hydrogens (tertiary/aromatic N) is 3. The lowest BCUT2D eigenvalue weighted by atomic mass is 10.1. The predicted octanol–water partition coefficient (Wildman–Crippen LogP) is 4.77. The van der Waals surface area contributed by atoms with Crippen LogP contribution < -0.4 is 5.32 Å². The lowest BCUT2D eigenvalue weighted by molar-refractivity contribution is 0.102. The van der Waals surface area contributed by atoms with Crippen molar-refractivity contribution in [2.45, 2.75) is 6.92 Å². The van der Waals surface area contributed by atoms with Crippen molar-refractivity contribution in [1.29, 1.82) is 0 Å². The standard InChI is InChI=1S/C23H18N4O/c1-16-6-5-9-19(14-16)26-23(28)20-15-25-22(18-7-3-2-4-8-18)27-21(20)17-10-12-24-13-11-17/h2-15H,1H3,(H,26,28). The molecule has 1 amide bonds. The Labute approximate surface area is 163 Å². The number of carbonyl (C=O) groups is 1. The first-order valence-electron chi connectivity index (χ1n) is 8.91. The zero-order valence-electron chi connectivity index (χ0n) is 15.3. The zero-order valence-corrected chi connectivity index (χ0v) is 15.3. The Morgan fingerprint density at radius 2 is 1.68 bits per heavy atom. The molecule has 28 heavy (non-hydrogen) atoms. The second kappa shape index (κ2) is 7.80. The number of hydrogen-bond acceptors (Lipinski definition) is 4. The number of rotatable bonds is 4. The van der Waals surface area contributed by atoms with Crippen molar-refractivity contribution in [2.75, 3.05) is 5.32 Å². The van der Waals surface area contributed by atoms with E-state index < -0.39 is 0 Å². The molecule has 0 saturated carbocycles. The van der Waals surface area contributed by atoms with Gasteiger partial charge in [-0.2, -0.15) is 0 Å². The van der Waals surface area contributed by atoms with Crippen LogP contribution in [0.1, 0.15) is 15.9 Å². The minimum absolute atomic E-state index is 0.253. The molecule has 0 aliphatic heterocycles. The molecule has 5 heteroatoms. The van der Waals surface area contributed by atoms with Gasteiger partial charge in [-0.15, -0.1) is 0 Å². The summed E-state index contributed by atoms with van der Waals surface area (Å²) in [6.45, 7) is 1.98. The maximum atomic E-state index is 13.0. The van der Waals surface area contributed by atoms with Crippen LogP contribution in [0.3, 0.4) is 0 Å². The highest BCUT2D eigenvalue weighted by atomic mass is 16.1. The molecule has 136 valence electrons. The fraction of sp³-hybridized carbons (Fsp3) is 0.0435. The second-order valence-electron chi connectivity index (χ2n) is 6.38. The molecule has 0 saturated heterocycles. The first-order valence-corrected chi connectivity index (χ1v) is 8.91. The molecule has 0 radical (unpaired) electrons. The summed E-state index contributed by atoms with van der Waals surface area (Å²) in [5.74, 6) is 0.316. The molecular formula is C23H18N4O. The first-order chi connectivity index (χ1) is 13.7. The quantitative estimate of drug-likeness (QED) is 0.565. The predicted molar refractivity (Wildman–Crippen MR) is 110 cm³/mol. The number of pyridine rings is 1. The minimum Gasteiger partial charge on any atom is -0.322 e. The first kappa shape index (κ1) is 17.5. The number of nitrogens with one attached hydrogen (secondary N) is 1. The van der Waals surface area contributed by atoms with Gasteiger partial charge in [0.1, 0.15) is 0 Å². The van der Waals surface area contributed by atoms with Crippen molar-refractivity contribution < 1.29 is 4.79 Å². The monoisotopic (exact) mass is 366 g/mol. The van der Waals surface area contributed by atoms with E-state index >= 15 is 0 Å². The third kappa shape index (κ3) is 3.78. The summed E-state index contributed by atoms with van der Waals surface area (Å²) in [5, 5.41) is 2.93. The fourth-order valence-corrected chi connectivity index (χ4v) is 2.93. The van der Waals surface area contributed by atoms with Crippen LogP contribution in [0.4, 0.5) is 5.69 Å². The van der Waals surface area contributed by atoms with Crippen LogP contribution in [0, 0.1) is 6.92 Å². The minimum atomic E-state index is -0.253. The van der Waals surface area contributed by atoms with Crippen molar-refractivity contribution in [3.05, 3.63) is 96.4 Å². The molecule has 0 bridgehead atoms. The number of anilines is 1. The fourth-order valence-electron chi connectivity index (χ4n) is 2.93. The summed E-state index contributed by atoms with van der Waals surface area (Å²) in [7, 11) is 0.